The topological polar surface area (TPSA) is 0 Å². The molecule has 10 atom stereocenters. The Morgan fingerprint density at radius 3 is 2.81 bits per heavy atom. The fourth-order valence-electron chi connectivity index (χ4n) is 8.85. The average Bonchev–Trinajstić information content (AvgIpc) is 2.46. The zero-order valence-corrected chi connectivity index (χ0v) is 10.2. The van der Waals surface area contributed by atoms with Crippen molar-refractivity contribution in [3.63, 3.8) is 0 Å². The Morgan fingerprint density at radius 2 is 1.88 bits per heavy atom. The van der Waals surface area contributed by atoms with E-state index in [2.05, 4.69) is 7.85 Å². The smallest absolute Gasteiger partial charge is 0.0636 e. The number of hydrogen-bond donors (Lipinski definition) is 0. The van der Waals surface area contributed by atoms with Gasteiger partial charge in [0.15, 0.2) is 0 Å². The molecule has 6 aliphatic carbocycles. The quantitative estimate of drug-likeness (QED) is 0.541. The largest absolute Gasteiger partial charge is 0.106 e. The second-order valence-corrected chi connectivity index (χ2v) is 8.39. The third-order valence-electron chi connectivity index (χ3n) is 8.73. The summed E-state index contributed by atoms with van der Waals surface area (Å²) in [7, 11) is 2.63. The second-order valence-electron chi connectivity index (χ2n) is 8.39. The first kappa shape index (κ1) is 8.22. The minimum Gasteiger partial charge on any atom is -0.0636 e. The molecule has 0 radical (unpaired) electrons. The fraction of sp³-hybridized carbons (Fsp3) is 1.00. The molecular weight excluding hydrogens is 191 g/mol. The van der Waals surface area contributed by atoms with Crippen LogP contribution in [0.25, 0.3) is 0 Å². The van der Waals surface area contributed by atoms with Crippen molar-refractivity contribution in [2.75, 3.05) is 0 Å². The molecule has 6 saturated carbocycles. The molecule has 6 bridgehead atoms. The first-order valence-corrected chi connectivity index (χ1v) is 7.80. The van der Waals surface area contributed by atoms with Crippen LogP contribution in [0.1, 0.15) is 32.1 Å². The van der Waals surface area contributed by atoms with Gasteiger partial charge in [-0.2, -0.15) is 0 Å². The van der Waals surface area contributed by atoms with E-state index >= 15 is 0 Å². The molecule has 6 aliphatic rings. The summed E-state index contributed by atoms with van der Waals surface area (Å²) in [6, 6.07) is 0. The van der Waals surface area contributed by atoms with Crippen molar-refractivity contribution in [1.29, 1.82) is 0 Å². The van der Waals surface area contributed by atoms with Gasteiger partial charge >= 0.3 is 0 Å². The summed E-state index contributed by atoms with van der Waals surface area (Å²) < 4.78 is 0. The van der Waals surface area contributed by atoms with Gasteiger partial charge in [-0.1, -0.05) is 5.82 Å². The fourth-order valence-corrected chi connectivity index (χ4v) is 8.85. The summed E-state index contributed by atoms with van der Waals surface area (Å²) in [4.78, 5) is 0. The standard InChI is InChI=1S/C15H21B/c16-14-7-3-9-8-1-6-2-11-12(14)13(9)15(11,5-6)10(8)4-7/h6-14H,1-5,16H2. The van der Waals surface area contributed by atoms with Crippen LogP contribution in [-0.4, -0.2) is 7.85 Å². The van der Waals surface area contributed by atoms with E-state index in [0.717, 1.165) is 17.2 Å². The number of fused-ring (bicyclic) bond motifs is 3. The maximum absolute atomic E-state index is 2.63. The van der Waals surface area contributed by atoms with Crippen LogP contribution in [0.4, 0.5) is 0 Å². The van der Waals surface area contributed by atoms with Crippen LogP contribution in [0, 0.1) is 52.8 Å². The molecule has 0 saturated heterocycles. The molecule has 0 nitrogen and oxygen atoms in total. The zero-order chi connectivity index (χ0) is 10.2. The molecule has 10 unspecified atom stereocenters. The van der Waals surface area contributed by atoms with Crippen LogP contribution >= 0.6 is 0 Å². The minimum absolute atomic E-state index is 0.961. The lowest BCUT2D eigenvalue weighted by atomic mass is 9.40. The molecule has 1 heteroatoms. The lowest BCUT2D eigenvalue weighted by molar-refractivity contribution is -0.119. The van der Waals surface area contributed by atoms with Crippen LogP contribution in [0.5, 0.6) is 0 Å². The normalized spacial score (nSPS) is 80.4. The van der Waals surface area contributed by atoms with Crippen LogP contribution in [0.3, 0.4) is 0 Å². The summed E-state index contributed by atoms with van der Waals surface area (Å²) >= 11 is 0. The zero-order valence-electron chi connectivity index (χ0n) is 10.2. The second kappa shape index (κ2) is 2.06. The molecule has 0 aromatic carbocycles. The molecule has 6 fully saturated rings. The van der Waals surface area contributed by atoms with Crippen molar-refractivity contribution in [3.8, 4) is 0 Å². The van der Waals surface area contributed by atoms with Crippen LogP contribution in [-0.2, 0) is 0 Å². The van der Waals surface area contributed by atoms with E-state index < -0.39 is 0 Å². The van der Waals surface area contributed by atoms with Crippen molar-refractivity contribution in [3.05, 3.63) is 0 Å². The van der Waals surface area contributed by atoms with Crippen molar-refractivity contribution >= 4 is 7.85 Å². The summed E-state index contributed by atoms with van der Waals surface area (Å²) in [5.74, 6) is 10.8. The summed E-state index contributed by atoms with van der Waals surface area (Å²) in [6.45, 7) is 0. The molecule has 0 heterocycles. The van der Waals surface area contributed by atoms with Gasteiger partial charge in [0.25, 0.3) is 0 Å². The Labute approximate surface area is 99.0 Å². The Morgan fingerprint density at radius 1 is 0.938 bits per heavy atom. The highest BCUT2D eigenvalue weighted by Crippen LogP contribution is 2.88. The van der Waals surface area contributed by atoms with Gasteiger partial charge in [-0.25, -0.2) is 0 Å². The molecule has 1 spiro atoms. The van der Waals surface area contributed by atoms with Crippen molar-refractivity contribution in [2.45, 2.75) is 37.9 Å². The molecular formula is C15H21B. The Kier molecular flexibility index (Phi) is 1.06. The SMILES string of the molecule is BC1C2CC3C4CC5CC6C1C3C6(C5)C4C2. The maximum atomic E-state index is 2.63. The molecule has 0 aromatic heterocycles. The van der Waals surface area contributed by atoms with Gasteiger partial charge in [0.05, 0.1) is 0 Å². The Bertz CT molecular complexity index is 404. The van der Waals surface area contributed by atoms with Gasteiger partial charge in [-0.05, 0) is 84.9 Å². The van der Waals surface area contributed by atoms with Crippen molar-refractivity contribution < 1.29 is 0 Å². The van der Waals surface area contributed by atoms with Gasteiger partial charge in [0.2, 0.25) is 0 Å². The molecule has 6 rings (SSSR count). The van der Waals surface area contributed by atoms with Crippen molar-refractivity contribution in [1.82, 2.24) is 0 Å². The lowest BCUT2D eigenvalue weighted by Gasteiger charge is -2.62. The predicted molar refractivity (Wildman–Crippen MR) is 65.7 cm³/mol. The van der Waals surface area contributed by atoms with Crippen molar-refractivity contribution in [2.24, 2.45) is 52.8 Å². The highest BCUT2D eigenvalue weighted by Gasteiger charge is 2.81. The van der Waals surface area contributed by atoms with E-state index in [9.17, 15) is 0 Å². The molecule has 0 N–H and O–H groups in total. The van der Waals surface area contributed by atoms with Crippen LogP contribution in [0.2, 0.25) is 5.82 Å². The molecule has 84 valence electrons. The average molecular weight is 212 g/mol. The number of hydrogen-bond acceptors (Lipinski definition) is 0. The molecule has 16 heavy (non-hydrogen) atoms. The highest BCUT2D eigenvalue weighted by atomic mass is 14.9. The van der Waals surface area contributed by atoms with E-state index in [0.29, 0.717) is 0 Å². The van der Waals surface area contributed by atoms with E-state index in [1.54, 1.807) is 32.1 Å². The van der Waals surface area contributed by atoms with Crippen LogP contribution < -0.4 is 0 Å². The first-order valence-electron chi connectivity index (χ1n) is 7.80. The summed E-state index contributed by atoms with van der Waals surface area (Å²) in [6.07, 6.45) is 8.34. The van der Waals surface area contributed by atoms with Gasteiger partial charge in [0, 0.05) is 0 Å². The monoisotopic (exact) mass is 212 g/mol. The van der Waals surface area contributed by atoms with Gasteiger partial charge < -0.3 is 0 Å². The Hall–Kier alpha value is 0.0649. The van der Waals surface area contributed by atoms with Gasteiger partial charge in [-0.3, -0.25) is 0 Å². The van der Waals surface area contributed by atoms with E-state index in [1.807, 2.05) is 0 Å². The third-order valence-corrected chi connectivity index (χ3v) is 8.73. The number of rotatable bonds is 0. The van der Waals surface area contributed by atoms with E-state index in [-0.39, 0.29) is 0 Å². The molecule has 0 aromatic rings. The predicted octanol–water partition coefficient (Wildman–Crippen LogP) is 2.36. The lowest BCUT2D eigenvalue weighted by Crippen LogP contribution is -2.56. The highest BCUT2D eigenvalue weighted by molar-refractivity contribution is 6.12. The molecule has 0 amide bonds. The van der Waals surface area contributed by atoms with E-state index in [4.69, 9.17) is 0 Å². The summed E-state index contributed by atoms with van der Waals surface area (Å²) in [5.41, 5.74) is 0.961. The minimum atomic E-state index is 0.961. The van der Waals surface area contributed by atoms with E-state index in [1.165, 1.54) is 41.4 Å². The van der Waals surface area contributed by atoms with Crippen LogP contribution in [0.15, 0.2) is 0 Å². The van der Waals surface area contributed by atoms with Gasteiger partial charge in [0.1, 0.15) is 7.85 Å². The molecule has 0 aliphatic heterocycles. The first-order chi connectivity index (χ1) is 7.80. The third kappa shape index (κ3) is 0.534. The van der Waals surface area contributed by atoms with Gasteiger partial charge in [-0.15, -0.1) is 0 Å². The Balaban J connectivity index is 1.67. The summed E-state index contributed by atoms with van der Waals surface area (Å²) in [5, 5.41) is 0. The maximum Gasteiger partial charge on any atom is 0.106 e.